The van der Waals surface area contributed by atoms with E-state index in [1.54, 1.807) is 0 Å². The Morgan fingerprint density at radius 1 is 0.925 bits per heavy atom. The number of alkyl halides is 3. The predicted molar refractivity (Wildman–Crippen MR) is 147 cm³/mol. The van der Waals surface area contributed by atoms with Gasteiger partial charge in [-0.2, -0.15) is 18.2 Å². The quantitative estimate of drug-likeness (QED) is 0.170. The minimum absolute atomic E-state index is 0.102. The Morgan fingerprint density at radius 3 is 2.20 bits per heavy atom. The third-order valence-electron chi connectivity index (χ3n) is 6.25. The molecule has 4 aromatic rings. The summed E-state index contributed by atoms with van der Waals surface area (Å²) in [5, 5.41) is 20.3. The first-order valence-corrected chi connectivity index (χ1v) is 13.5. The van der Waals surface area contributed by atoms with Crippen molar-refractivity contribution < 1.29 is 27.6 Å². The number of nitrogens with one attached hydrogen (secondary N) is 2. The minimum atomic E-state index is -4.41. The number of aliphatic hydroxyl groups excluding tert-OH is 1. The molecule has 0 spiro atoms. The summed E-state index contributed by atoms with van der Waals surface area (Å²) in [7, 11) is 2.68. The number of nitrogens with zero attached hydrogens (tertiary/aromatic N) is 2. The number of carbonyl (C=O) groups is 1. The number of aromatic nitrogens is 2. The topological polar surface area (TPSA) is 100 Å². The van der Waals surface area contributed by atoms with Gasteiger partial charge in [0.1, 0.15) is 6.04 Å². The summed E-state index contributed by atoms with van der Waals surface area (Å²) >= 11 is 0. The SMILES string of the molecule is O=C(Cc1ccccc1)NC(Cc1ccc(CP)cc1)NC(CO)c1nc(Cc2ccc(C(F)(F)F)cc2)no1. The number of benzene rings is 3. The third kappa shape index (κ3) is 8.45. The van der Waals surface area contributed by atoms with Gasteiger partial charge in [-0.05, 0) is 40.5 Å². The van der Waals surface area contributed by atoms with Crippen molar-refractivity contribution in [2.24, 2.45) is 0 Å². The third-order valence-corrected chi connectivity index (χ3v) is 6.72. The molecule has 1 aromatic heterocycles. The smallest absolute Gasteiger partial charge is 0.394 e. The van der Waals surface area contributed by atoms with Gasteiger partial charge in [-0.25, -0.2) is 0 Å². The van der Waals surface area contributed by atoms with Gasteiger partial charge in [0.05, 0.1) is 24.8 Å². The van der Waals surface area contributed by atoms with Gasteiger partial charge in [0.25, 0.3) is 0 Å². The van der Waals surface area contributed by atoms with E-state index in [1.165, 1.54) is 12.1 Å². The second kappa shape index (κ2) is 13.7. The van der Waals surface area contributed by atoms with Crippen LogP contribution in [0.4, 0.5) is 13.2 Å². The Morgan fingerprint density at radius 2 is 1.57 bits per heavy atom. The molecule has 0 aliphatic rings. The maximum Gasteiger partial charge on any atom is 0.416 e. The molecule has 3 N–H and O–H groups in total. The summed E-state index contributed by atoms with van der Waals surface area (Å²) in [6.45, 7) is -0.390. The van der Waals surface area contributed by atoms with Gasteiger partial charge >= 0.3 is 6.18 Å². The molecule has 1 heterocycles. The number of carbonyl (C=O) groups excluding carboxylic acids is 1. The standard InChI is InChI=1S/C29H30F3N4O3P/c30-29(31,32)23-12-10-21(11-13-23)15-26-35-28(39-36-26)24(17-37)33-25(14-20-6-8-22(18-40)9-7-20)34-27(38)16-19-4-2-1-3-5-19/h1-13,24-25,33,37H,14-18,40H2,(H,34,38). The first-order valence-electron chi connectivity index (χ1n) is 12.7. The average Bonchev–Trinajstić information content (AvgIpc) is 3.40. The molecule has 3 aromatic carbocycles. The largest absolute Gasteiger partial charge is 0.416 e. The van der Waals surface area contributed by atoms with Crippen molar-refractivity contribution in [2.75, 3.05) is 6.61 Å². The van der Waals surface area contributed by atoms with Crippen LogP contribution in [0.2, 0.25) is 0 Å². The van der Waals surface area contributed by atoms with E-state index in [0.29, 0.717) is 12.0 Å². The molecule has 0 fully saturated rings. The monoisotopic (exact) mass is 570 g/mol. The lowest BCUT2D eigenvalue weighted by atomic mass is 10.1. The van der Waals surface area contributed by atoms with Gasteiger partial charge in [0.15, 0.2) is 5.82 Å². The number of rotatable bonds is 12. The molecule has 0 aliphatic heterocycles. The summed E-state index contributed by atoms with van der Waals surface area (Å²) in [5.41, 5.74) is 2.84. The van der Waals surface area contributed by atoms with Crippen LogP contribution in [0.25, 0.3) is 0 Å². The van der Waals surface area contributed by atoms with E-state index in [-0.39, 0.29) is 37.1 Å². The van der Waals surface area contributed by atoms with Crippen molar-refractivity contribution in [3.8, 4) is 0 Å². The lowest BCUT2D eigenvalue weighted by Crippen LogP contribution is -2.49. The Kier molecular flexibility index (Phi) is 10.0. The Hall–Kier alpha value is -3.59. The lowest BCUT2D eigenvalue weighted by Gasteiger charge is -2.24. The van der Waals surface area contributed by atoms with E-state index in [4.69, 9.17) is 4.52 Å². The van der Waals surface area contributed by atoms with Crippen LogP contribution in [0.15, 0.2) is 83.4 Å². The molecule has 0 aliphatic carbocycles. The highest BCUT2D eigenvalue weighted by molar-refractivity contribution is 7.15. The maximum atomic E-state index is 12.9. The molecular formula is C29H30F3N4O3P. The highest BCUT2D eigenvalue weighted by Crippen LogP contribution is 2.29. The van der Waals surface area contributed by atoms with E-state index in [9.17, 15) is 23.1 Å². The minimum Gasteiger partial charge on any atom is -0.394 e. The van der Waals surface area contributed by atoms with Crippen LogP contribution in [0.1, 0.15) is 45.6 Å². The van der Waals surface area contributed by atoms with Gasteiger partial charge in [-0.3, -0.25) is 10.1 Å². The fraction of sp³-hybridized carbons (Fsp3) is 0.276. The molecule has 0 saturated heterocycles. The van der Waals surface area contributed by atoms with Crippen LogP contribution in [0.3, 0.4) is 0 Å². The molecule has 210 valence electrons. The first kappa shape index (κ1) is 29.4. The summed E-state index contributed by atoms with van der Waals surface area (Å²) in [4.78, 5) is 17.2. The highest BCUT2D eigenvalue weighted by Gasteiger charge is 2.30. The molecule has 11 heteroatoms. The zero-order valence-electron chi connectivity index (χ0n) is 21.6. The summed E-state index contributed by atoms with van der Waals surface area (Å²) < 4.78 is 43.9. The summed E-state index contributed by atoms with van der Waals surface area (Å²) in [5.74, 6) is 0.160. The van der Waals surface area contributed by atoms with Crippen LogP contribution < -0.4 is 10.6 Å². The predicted octanol–water partition coefficient (Wildman–Crippen LogP) is 4.61. The van der Waals surface area contributed by atoms with Crippen molar-refractivity contribution in [1.82, 2.24) is 20.8 Å². The van der Waals surface area contributed by atoms with Crippen molar-refractivity contribution in [2.45, 2.75) is 43.8 Å². The second-order valence-corrected chi connectivity index (χ2v) is 9.74. The zero-order valence-corrected chi connectivity index (χ0v) is 22.7. The number of aliphatic hydroxyl groups is 1. The molecular weight excluding hydrogens is 540 g/mol. The van der Waals surface area contributed by atoms with Crippen molar-refractivity contribution >= 4 is 15.1 Å². The Balaban J connectivity index is 1.46. The van der Waals surface area contributed by atoms with E-state index in [0.717, 1.165) is 35.0 Å². The van der Waals surface area contributed by atoms with Gasteiger partial charge in [-0.15, -0.1) is 9.24 Å². The van der Waals surface area contributed by atoms with Gasteiger partial charge in [-0.1, -0.05) is 71.9 Å². The van der Waals surface area contributed by atoms with E-state index in [2.05, 4.69) is 30.0 Å². The van der Waals surface area contributed by atoms with Gasteiger partial charge < -0.3 is 14.9 Å². The fourth-order valence-electron chi connectivity index (χ4n) is 4.15. The van der Waals surface area contributed by atoms with Crippen molar-refractivity contribution in [3.05, 3.63) is 118 Å². The van der Waals surface area contributed by atoms with Gasteiger partial charge in [0.2, 0.25) is 11.8 Å². The summed E-state index contributed by atoms with van der Waals surface area (Å²) in [6, 6.07) is 21.3. The lowest BCUT2D eigenvalue weighted by molar-refractivity contribution is -0.137. The molecule has 7 nitrogen and oxygen atoms in total. The van der Waals surface area contributed by atoms with Crippen LogP contribution in [0, 0.1) is 0 Å². The van der Waals surface area contributed by atoms with Gasteiger partial charge in [0, 0.05) is 12.8 Å². The molecule has 0 radical (unpaired) electrons. The van der Waals surface area contributed by atoms with Crippen molar-refractivity contribution in [1.29, 1.82) is 0 Å². The number of halogens is 3. The zero-order chi connectivity index (χ0) is 28.5. The average molecular weight is 571 g/mol. The first-order chi connectivity index (χ1) is 19.2. The second-order valence-electron chi connectivity index (χ2n) is 9.33. The molecule has 4 rings (SSSR count). The molecule has 3 unspecified atom stereocenters. The highest BCUT2D eigenvalue weighted by atomic mass is 31.0. The van der Waals surface area contributed by atoms with Crippen molar-refractivity contribution in [3.63, 3.8) is 0 Å². The maximum absolute atomic E-state index is 12.9. The molecule has 0 saturated carbocycles. The fourth-order valence-corrected chi connectivity index (χ4v) is 4.42. The molecule has 0 bridgehead atoms. The number of amides is 1. The molecule has 3 atom stereocenters. The van der Waals surface area contributed by atoms with Crippen LogP contribution >= 0.6 is 9.24 Å². The van der Waals surface area contributed by atoms with E-state index < -0.39 is 23.9 Å². The Bertz CT molecular complexity index is 1360. The Labute approximate surface area is 232 Å². The normalized spacial score (nSPS) is 13.1. The molecule has 40 heavy (non-hydrogen) atoms. The van der Waals surface area contributed by atoms with Crippen LogP contribution in [-0.4, -0.2) is 33.9 Å². The summed E-state index contributed by atoms with van der Waals surface area (Å²) in [6.07, 6.45) is -3.39. The molecule has 1 amide bonds. The number of hydrogen-bond acceptors (Lipinski definition) is 6. The van der Waals surface area contributed by atoms with Crippen LogP contribution in [-0.2, 0) is 36.4 Å². The van der Waals surface area contributed by atoms with E-state index >= 15 is 0 Å². The van der Waals surface area contributed by atoms with Crippen LogP contribution in [0.5, 0.6) is 0 Å². The van der Waals surface area contributed by atoms with E-state index in [1.807, 2.05) is 54.6 Å². The number of hydrogen-bond donors (Lipinski definition) is 3.